The van der Waals surface area contributed by atoms with Crippen molar-refractivity contribution in [1.82, 2.24) is 10.6 Å². The molecule has 3 heteroatoms. The summed E-state index contributed by atoms with van der Waals surface area (Å²) in [6.45, 7) is 8.38. The first kappa shape index (κ1) is 13.5. The van der Waals surface area contributed by atoms with Gasteiger partial charge in [-0.2, -0.15) is 0 Å². The average molecular weight is 226 g/mol. The standard InChI is InChI=1S/C13H26N2O/c1-12(2,3)6-5-11(16)15-10-13(7-8-13)9-14-4/h14H,5-10H2,1-4H3,(H,15,16). The third-order valence-corrected chi connectivity index (χ3v) is 3.27. The molecule has 0 atom stereocenters. The Bertz CT molecular complexity index is 239. The molecule has 1 rings (SSSR count). The fourth-order valence-corrected chi connectivity index (χ4v) is 1.83. The molecule has 1 amide bonds. The van der Waals surface area contributed by atoms with Crippen molar-refractivity contribution in [3.8, 4) is 0 Å². The average Bonchev–Trinajstić information content (AvgIpc) is 2.92. The van der Waals surface area contributed by atoms with Gasteiger partial charge in [-0.1, -0.05) is 20.8 Å². The van der Waals surface area contributed by atoms with E-state index in [1.165, 1.54) is 12.8 Å². The van der Waals surface area contributed by atoms with E-state index in [1.807, 2.05) is 7.05 Å². The van der Waals surface area contributed by atoms with Gasteiger partial charge in [0, 0.05) is 24.9 Å². The number of nitrogens with one attached hydrogen (secondary N) is 2. The Balaban J connectivity index is 2.16. The molecule has 0 heterocycles. The lowest BCUT2D eigenvalue weighted by atomic mass is 9.90. The van der Waals surface area contributed by atoms with E-state index in [1.54, 1.807) is 0 Å². The summed E-state index contributed by atoms with van der Waals surface area (Å²) in [6, 6.07) is 0. The Labute approximate surface area is 99.4 Å². The van der Waals surface area contributed by atoms with E-state index < -0.39 is 0 Å². The lowest BCUT2D eigenvalue weighted by molar-refractivity contribution is -0.121. The third-order valence-electron chi connectivity index (χ3n) is 3.27. The summed E-state index contributed by atoms with van der Waals surface area (Å²) < 4.78 is 0. The molecule has 0 saturated heterocycles. The predicted octanol–water partition coefficient (Wildman–Crippen LogP) is 1.93. The van der Waals surface area contributed by atoms with Crippen molar-refractivity contribution in [2.24, 2.45) is 10.8 Å². The first-order valence-corrected chi connectivity index (χ1v) is 6.28. The topological polar surface area (TPSA) is 41.1 Å². The molecule has 16 heavy (non-hydrogen) atoms. The molecule has 0 aliphatic heterocycles. The largest absolute Gasteiger partial charge is 0.355 e. The Kier molecular flexibility index (Phi) is 4.36. The highest BCUT2D eigenvalue weighted by Crippen LogP contribution is 2.44. The van der Waals surface area contributed by atoms with E-state index in [9.17, 15) is 4.79 Å². The van der Waals surface area contributed by atoms with Crippen molar-refractivity contribution in [1.29, 1.82) is 0 Å². The van der Waals surface area contributed by atoms with Gasteiger partial charge in [0.1, 0.15) is 0 Å². The summed E-state index contributed by atoms with van der Waals surface area (Å²) in [7, 11) is 1.97. The summed E-state index contributed by atoms with van der Waals surface area (Å²) in [4.78, 5) is 11.6. The zero-order valence-corrected chi connectivity index (χ0v) is 11.2. The summed E-state index contributed by atoms with van der Waals surface area (Å²) in [5.74, 6) is 0.206. The number of carbonyl (C=O) groups excluding carboxylic acids is 1. The van der Waals surface area contributed by atoms with Gasteiger partial charge >= 0.3 is 0 Å². The highest BCUT2D eigenvalue weighted by atomic mass is 16.1. The number of carbonyl (C=O) groups is 1. The van der Waals surface area contributed by atoms with Crippen molar-refractivity contribution in [2.75, 3.05) is 20.1 Å². The monoisotopic (exact) mass is 226 g/mol. The van der Waals surface area contributed by atoms with E-state index in [0.29, 0.717) is 11.8 Å². The van der Waals surface area contributed by atoms with E-state index in [0.717, 1.165) is 19.5 Å². The lowest BCUT2D eigenvalue weighted by Crippen LogP contribution is -2.35. The molecular weight excluding hydrogens is 200 g/mol. The maximum atomic E-state index is 11.6. The van der Waals surface area contributed by atoms with E-state index >= 15 is 0 Å². The van der Waals surface area contributed by atoms with Gasteiger partial charge < -0.3 is 10.6 Å². The van der Waals surface area contributed by atoms with Crippen LogP contribution >= 0.6 is 0 Å². The van der Waals surface area contributed by atoms with Crippen molar-refractivity contribution in [2.45, 2.75) is 46.5 Å². The van der Waals surface area contributed by atoms with Gasteiger partial charge in [0.15, 0.2) is 0 Å². The summed E-state index contributed by atoms with van der Waals surface area (Å²) in [5.41, 5.74) is 0.617. The van der Waals surface area contributed by atoms with Crippen molar-refractivity contribution < 1.29 is 4.79 Å². The normalized spacial score (nSPS) is 18.2. The molecule has 0 unspecified atom stereocenters. The van der Waals surface area contributed by atoms with E-state index in [2.05, 4.69) is 31.4 Å². The van der Waals surface area contributed by atoms with Crippen molar-refractivity contribution in [3.05, 3.63) is 0 Å². The van der Waals surface area contributed by atoms with Crippen LogP contribution in [-0.2, 0) is 4.79 Å². The molecule has 0 aromatic heterocycles. The minimum absolute atomic E-state index is 0.206. The molecule has 1 saturated carbocycles. The predicted molar refractivity (Wildman–Crippen MR) is 67.3 cm³/mol. The molecule has 1 aliphatic rings. The molecule has 1 fully saturated rings. The number of amides is 1. The second-order valence-electron chi connectivity index (χ2n) is 6.37. The third kappa shape index (κ3) is 4.97. The molecule has 0 radical (unpaired) electrons. The smallest absolute Gasteiger partial charge is 0.220 e. The lowest BCUT2D eigenvalue weighted by Gasteiger charge is -2.19. The van der Waals surface area contributed by atoms with Gasteiger partial charge in [0.25, 0.3) is 0 Å². The Morgan fingerprint density at radius 1 is 1.25 bits per heavy atom. The molecule has 94 valence electrons. The maximum absolute atomic E-state index is 11.6. The van der Waals surface area contributed by atoms with Crippen LogP contribution < -0.4 is 10.6 Å². The second kappa shape index (κ2) is 5.17. The zero-order valence-electron chi connectivity index (χ0n) is 11.2. The first-order valence-electron chi connectivity index (χ1n) is 6.28. The molecule has 0 bridgehead atoms. The SMILES string of the molecule is CNCC1(CNC(=O)CCC(C)(C)C)CC1. The zero-order chi connectivity index (χ0) is 12.2. The molecule has 0 aromatic carbocycles. The van der Waals surface area contributed by atoms with Crippen LogP contribution in [0.4, 0.5) is 0 Å². The highest BCUT2D eigenvalue weighted by Gasteiger charge is 2.41. The van der Waals surface area contributed by atoms with Gasteiger partial charge in [0.2, 0.25) is 5.91 Å². The molecule has 0 spiro atoms. The number of hydrogen-bond acceptors (Lipinski definition) is 2. The molecular formula is C13H26N2O. The van der Waals surface area contributed by atoms with Crippen molar-refractivity contribution in [3.63, 3.8) is 0 Å². The van der Waals surface area contributed by atoms with Gasteiger partial charge in [-0.3, -0.25) is 4.79 Å². The fraction of sp³-hybridized carbons (Fsp3) is 0.923. The van der Waals surface area contributed by atoms with Crippen LogP contribution in [0, 0.1) is 10.8 Å². The Hall–Kier alpha value is -0.570. The summed E-state index contributed by atoms with van der Waals surface area (Å²) >= 11 is 0. The second-order valence-corrected chi connectivity index (χ2v) is 6.37. The van der Waals surface area contributed by atoms with Gasteiger partial charge in [-0.05, 0) is 31.7 Å². The van der Waals surface area contributed by atoms with E-state index in [-0.39, 0.29) is 11.3 Å². The van der Waals surface area contributed by atoms with Crippen LogP contribution in [0.5, 0.6) is 0 Å². The van der Waals surface area contributed by atoms with Crippen LogP contribution in [0.1, 0.15) is 46.5 Å². The minimum atomic E-state index is 0.206. The fourth-order valence-electron chi connectivity index (χ4n) is 1.83. The van der Waals surface area contributed by atoms with Crippen LogP contribution in [0.15, 0.2) is 0 Å². The Morgan fingerprint density at radius 3 is 2.31 bits per heavy atom. The van der Waals surface area contributed by atoms with Gasteiger partial charge in [-0.25, -0.2) is 0 Å². The summed E-state index contributed by atoms with van der Waals surface area (Å²) in [6.07, 6.45) is 4.10. The van der Waals surface area contributed by atoms with Gasteiger partial charge in [0.05, 0.1) is 0 Å². The van der Waals surface area contributed by atoms with Crippen LogP contribution in [-0.4, -0.2) is 26.0 Å². The van der Waals surface area contributed by atoms with E-state index in [4.69, 9.17) is 0 Å². The van der Waals surface area contributed by atoms with Crippen LogP contribution in [0.2, 0.25) is 0 Å². The van der Waals surface area contributed by atoms with Crippen LogP contribution in [0.25, 0.3) is 0 Å². The molecule has 1 aliphatic carbocycles. The molecule has 2 N–H and O–H groups in total. The Morgan fingerprint density at radius 2 is 1.88 bits per heavy atom. The van der Waals surface area contributed by atoms with Crippen LogP contribution in [0.3, 0.4) is 0 Å². The number of rotatable bonds is 6. The number of hydrogen-bond donors (Lipinski definition) is 2. The van der Waals surface area contributed by atoms with Crippen molar-refractivity contribution >= 4 is 5.91 Å². The molecule has 0 aromatic rings. The summed E-state index contributed by atoms with van der Waals surface area (Å²) in [5, 5.41) is 6.26. The quantitative estimate of drug-likeness (QED) is 0.726. The van der Waals surface area contributed by atoms with Gasteiger partial charge in [-0.15, -0.1) is 0 Å². The first-order chi connectivity index (χ1) is 7.37. The molecule has 3 nitrogen and oxygen atoms in total. The highest BCUT2D eigenvalue weighted by molar-refractivity contribution is 5.75. The maximum Gasteiger partial charge on any atom is 0.220 e. The minimum Gasteiger partial charge on any atom is -0.355 e.